The fourth-order valence-corrected chi connectivity index (χ4v) is 6.00. The van der Waals surface area contributed by atoms with Crippen LogP contribution in [-0.4, -0.2) is 70.0 Å². The molecule has 7 nitrogen and oxygen atoms in total. The summed E-state index contributed by atoms with van der Waals surface area (Å²) in [7, 11) is -2.19. The van der Waals surface area contributed by atoms with Crippen molar-refractivity contribution >= 4 is 15.9 Å². The van der Waals surface area contributed by atoms with Gasteiger partial charge in [0.15, 0.2) is 0 Å². The Morgan fingerprint density at radius 1 is 1.03 bits per heavy atom. The molecular formula is C25H32N2O5S. The van der Waals surface area contributed by atoms with Gasteiger partial charge in [-0.15, -0.1) is 0 Å². The number of likely N-dealkylation sites (tertiary alicyclic amines) is 1. The number of amides is 1. The fraction of sp³-hybridized carbons (Fsp3) is 0.480. The normalized spacial score (nSPS) is 18.3. The number of ether oxygens (including phenoxy) is 2. The number of carbonyl (C=O) groups excluding carboxylic acids is 1. The number of carbonyl (C=O) groups is 1. The van der Waals surface area contributed by atoms with Crippen molar-refractivity contribution in [2.75, 3.05) is 46.5 Å². The number of nitrogens with zero attached hydrogens (tertiary/aromatic N) is 2. The third kappa shape index (κ3) is 5.57. The summed E-state index contributed by atoms with van der Waals surface area (Å²) < 4.78 is 38.2. The number of rotatable bonds is 7. The van der Waals surface area contributed by atoms with Crippen LogP contribution in [-0.2, 0) is 21.2 Å². The molecular weight excluding hydrogens is 440 g/mol. The molecule has 0 N–H and O–H groups in total. The first-order valence-corrected chi connectivity index (χ1v) is 13.0. The van der Waals surface area contributed by atoms with E-state index in [1.165, 1.54) is 29.1 Å². The van der Waals surface area contributed by atoms with Crippen molar-refractivity contribution in [3.8, 4) is 5.75 Å². The molecule has 4 rings (SSSR count). The minimum atomic E-state index is -3.69. The molecule has 2 heterocycles. The Kier molecular flexibility index (Phi) is 7.67. The van der Waals surface area contributed by atoms with Crippen LogP contribution in [0.1, 0.15) is 35.2 Å². The third-order valence-corrected chi connectivity index (χ3v) is 8.49. The quantitative estimate of drug-likeness (QED) is 0.619. The maximum atomic E-state index is 13.3. The molecule has 33 heavy (non-hydrogen) atoms. The molecule has 1 amide bonds. The molecule has 0 saturated carbocycles. The van der Waals surface area contributed by atoms with Crippen molar-refractivity contribution in [1.82, 2.24) is 9.21 Å². The van der Waals surface area contributed by atoms with Crippen LogP contribution in [0.5, 0.6) is 5.75 Å². The number of benzene rings is 2. The summed E-state index contributed by atoms with van der Waals surface area (Å²) in [5.41, 5.74) is 1.65. The number of morpholine rings is 1. The summed E-state index contributed by atoms with van der Waals surface area (Å²) in [6.45, 7) is 2.72. The summed E-state index contributed by atoms with van der Waals surface area (Å²) in [4.78, 5) is 15.3. The van der Waals surface area contributed by atoms with Crippen LogP contribution in [0.25, 0.3) is 0 Å². The highest BCUT2D eigenvalue weighted by Crippen LogP contribution is 2.29. The van der Waals surface area contributed by atoms with E-state index in [2.05, 4.69) is 24.3 Å². The van der Waals surface area contributed by atoms with Crippen molar-refractivity contribution in [2.24, 2.45) is 5.92 Å². The minimum absolute atomic E-state index is 0.117. The number of hydrogen-bond donors (Lipinski definition) is 0. The number of piperidine rings is 1. The van der Waals surface area contributed by atoms with Crippen molar-refractivity contribution in [2.45, 2.75) is 30.6 Å². The molecule has 2 saturated heterocycles. The molecule has 0 aromatic heterocycles. The van der Waals surface area contributed by atoms with Gasteiger partial charge >= 0.3 is 0 Å². The summed E-state index contributed by atoms with van der Waals surface area (Å²) in [5, 5.41) is 0. The second-order valence-electron chi connectivity index (χ2n) is 8.64. The van der Waals surface area contributed by atoms with E-state index >= 15 is 0 Å². The zero-order chi connectivity index (χ0) is 23.3. The minimum Gasteiger partial charge on any atom is -0.496 e. The highest BCUT2D eigenvalue weighted by molar-refractivity contribution is 7.89. The summed E-state index contributed by atoms with van der Waals surface area (Å²) in [5.74, 6) is 0.809. The van der Waals surface area contributed by atoms with Crippen molar-refractivity contribution in [3.63, 3.8) is 0 Å². The molecule has 0 radical (unpaired) electrons. The van der Waals surface area contributed by atoms with Crippen LogP contribution in [0.15, 0.2) is 53.4 Å². The lowest BCUT2D eigenvalue weighted by molar-refractivity contribution is 0.0683. The van der Waals surface area contributed by atoms with Crippen LogP contribution in [0, 0.1) is 5.92 Å². The van der Waals surface area contributed by atoms with Gasteiger partial charge in [0.1, 0.15) is 5.75 Å². The van der Waals surface area contributed by atoms with E-state index < -0.39 is 10.0 Å². The molecule has 0 unspecified atom stereocenters. The standard InChI is InChI=1S/C25H32N2O5S/c1-31-24-10-9-22(33(29,30)27-15-17-32-18-16-27)19-23(24)25(28)26-13-11-21(12-14-26)8-7-20-5-3-2-4-6-20/h2-6,9-10,19,21H,7-8,11-18H2,1H3. The summed E-state index contributed by atoms with van der Waals surface area (Å²) in [6, 6.07) is 15.0. The van der Waals surface area contributed by atoms with Gasteiger partial charge in [-0.25, -0.2) is 8.42 Å². The van der Waals surface area contributed by atoms with Gasteiger partial charge in [-0.3, -0.25) is 4.79 Å². The molecule has 2 aliphatic heterocycles. The predicted molar refractivity (Wildman–Crippen MR) is 126 cm³/mol. The first kappa shape index (κ1) is 23.7. The molecule has 0 atom stereocenters. The van der Waals surface area contributed by atoms with Gasteiger partial charge in [-0.05, 0) is 55.4 Å². The van der Waals surface area contributed by atoms with Gasteiger partial charge in [0, 0.05) is 26.2 Å². The fourth-order valence-electron chi connectivity index (χ4n) is 4.56. The van der Waals surface area contributed by atoms with Crippen molar-refractivity contribution in [3.05, 3.63) is 59.7 Å². The summed E-state index contributed by atoms with van der Waals surface area (Å²) in [6.07, 6.45) is 4.07. The van der Waals surface area contributed by atoms with E-state index in [-0.39, 0.29) is 10.8 Å². The highest BCUT2D eigenvalue weighted by Gasteiger charge is 2.30. The lowest BCUT2D eigenvalue weighted by Gasteiger charge is -2.32. The summed E-state index contributed by atoms with van der Waals surface area (Å²) >= 11 is 0. The second kappa shape index (κ2) is 10.7. The Balaban J connectivity index is 1.42. The molecule has 2 aromatic carbocycles. The zero-order valence-electron chi connectivity index (χ0n) is 19.1. The number of sulfonamides is 1. The van der Waals surface area contributed by atoms with Crippen LogP contribution >= 0.6 is 0 Å². The van der Waals surface area contributed by atoms with Crippen molar-refractivity contribution < 1.29 is 22.7 Å². The molecule has 8 heteroatoms. The molecule has 2 aliphatic rings. The number of hydrogen-bond acceptors (Lipinski definition) is 5. The van der Waals surface area contributed by atoms with E-state index in [4.69, 9.17) is 9.47 Å². The van der Waals surface area contributed by atoms with E-state index in [1.807, 2.05) is 11.0 Å². The van der Waals surface area contributed by atoms with Gasteiger partial charge in [0.25, 0.3) is 5.91 Å². The van der Waals surface area contributed by atoms with E-state index in [1.54, 1.807) is 6.07 Å². The topological polar surface area (TPSA) is 76.1 Å². The van der Waals surface area contributed by atoms with Crippen LogP contribution in [0.2, 0.25) is 0 Å². The van der Waals surface area contributed by atoms with Gasteiger partial charge in [0.2, 0.25) is 10.0 Å². The average molecular weight is 473 g/mol. The second-order valence-corrected chi connectivity index (χ2v) is 10.6. The Morgan fingerprint density at radius 2 is 1.73 bits per heavy atom. The SMILES string of the molecule is COc1ccc(S(=O)(=O)N2CCOCC2)cc1C(=O)N1CCC(CCc2ccccc2)CC1. The molecule has 2 aromatic rings. The van der Waals surface area contributed by atoms with E-state index in [0.717, 1.165) is 25.7 Å². The van der Waals surface area contributed by atoms with Crippen LogP contribution < -0.4 is 4.74 Å². The van der Waals surface area contributed by atoms with Crippen LogP contribution in [0.4, 0.5) is 0 Å². The number of aryl methyl sites for hydroxylation is 1. The molecule has 178 valence electrons. The highest BCUT2D eigenvalue weighted by atomic mass is 32.2. The monoisotopic (exact) mass is 472 g/mol. The largest absolute Gasteiger partial charge is 0.496 e. The number of methoxy groups -OCH3 is 1. The van der Waals surface area contributed by atoms with Gasteiger partial charge in [0.05, 0.1) is 30.8 Å². The molecule has 0 bridgehead atoms. The van der Waals surface area contributed by atoms with E-state index in [9.17, 15) is 13.2 Å². The lowest BCUT2D eigenvalue weighted by atomic mass is 9.90. The van der Waals surface area contributed by atoms with Gasteiger partial charge < -0.3 is 14.4 Å². The van der Waals surface area contributed by atoms with Gasteiger partial charge in [-0.2, -0.15) is 4.31 Å². The maximum absolute atomic E-state index is 13.3. The molecule has 0 spiro atoms. The predicted octanol–water partition coefficient (Wildman–Crippen LogP) is 3.20. The van der Waals surface area contributed by atoms with Crippen molar-refractivity contribution in [1.29, 1.82) is 0 Å². The smallest absolute Gasteiger partial charge is 0.257 e. The first-order chi connectivity index (χ1) is 16.0. The van der Waals surface area contributed by atoms with Gasteiger partial charge in [-0.1, -0.05) is 30.3 Å². The third-order valence-electron chi connectivity index (χ3n) is 6.60. The van der Waals surface area contributed by atoms with E-state index in [0.29, 0.717) is 56.6 Å². The lowest BCUT2D eigenvalue weighted by Crippen LogP contribution is -2.41. The first-order valence-electron chi connectivity index (χ1n) is 11.6. The Labute approximate surface area is 196 Å². The zero-order valence-corrected chi connectivity index (χ0v) is 19.9. The molecule has 2 fully saturated rings. The Bertz CT molecular complexity index is 1040. The average Bonchev–Trinajstić information content (AvgIpc) is 2.88. The molecule has 0 aliphatic carbocycles. The van der Waals surface area contributed by atoms with Crippen LogP contribution in [0.3, 0.4) is 0 Å². The maximum Gasteiger partial charge on any atom is 0.257 e. The Hall–Kier alpha value is -2.42. The Morgan fingerprint density at radius 3 is 2.39 bits per heavy atom.